The summed E-state index contributed by atoms with van der Waals surface area (Å²) in [7, 11) is 0. The van der Waals surface area contributed by atoms with Crippen LogP contribution < -0.4 is 5.06 Å². The molecular weight excluding hydrogens is 444 g/mol. The van der Waals surface area contributed by atoms with Gasteiger partial charge in [-0.05, 0) is 35.4 Å². The number of rotatable bonds is 4. The molecule has 2 saturated heterocycles. The summed E-state index contributed by atoms with van der Waals surface area (Å²) in [6, 6.07) is 26.6. The van der Waals surface area contributed by atoms with E-state index in [2.05, 4.69) is 15.9 Å². The molecule has 2 aliphatic rings. The van der Waals surface area contributed by atoms with Gasteiger partial charge in [-0.1, -0.05) is 76.6 Å². The lowest BCUT2D eigenvalue weighted by Crippen LogP contribution is -2.36. The molecule has 0 N–H and O–H groups in total. The third-order valence-electron chi connectivity index (χ3n) is 5.61. The first-order chi connectivity index (χ1) is 14.6. The maximum Gasteiger partial charge on any atom is 0.262 e. The van der Waals surface area contributed by atoms with Gasteiger partial charge in [-0.2, -0.15) is 0 Å². The van der Waals surface area contributed by atoms with E-state index in [1.165, 1.54) is 4.90 Å². The second kappa shape index (κ2) is 7.70. The van der Waals surface area contributed by atoms with Crippen molar-refractivity contribution in [3.63, 3.8) is 0 Å². The smallest absolute Gasteiger partial charge is 0.262 e. The number of halogens is 1. The topological polar surface area (TPSA) is 49.9 Å². The Hall–Kier alpha value is -2.96. The number of fused-ring (bicyclic) bond motifs is 1. The van der Waals surface area contributed by atoms with Crippen molar-refractivity contribution in [2.75, 3.05) is 5.06 Å². The largest absolute Gasteiger partial charge is 0.275 e. The first-order valence-electron chi connectivity index (χ1n) is 9.79. The number of nitrogens with zero attached hydrogens (tertiary/aromatic N) is 2. The van der Waals surface area contributed by atoms with E-state index in [0.717, 1.165) is 21.3 Å². The Kier molecular flexibility index (Phi) is 4.89. The number of hydrogen-bond acceptors (Lipinski definition) is 4. The van der Waals surface area contributed by atoms with E-state index in [1.54, 1.807) is 5.06 Å². The van der Waals surface area contributed by atoms with Gasteiger partial charge in [-0.3, -0.25) is 19.3 Å². The molecule has 5 nitrogen and oxygen atoms in total. The number of carbonyl (C=O) groups is 2. The van der Waals surface area contributed by atoms with Gasteiger partial charge in [0.25, 0.3) is 5.91 Å². The van der Waals surface area contributed by atoms with Crippen molar-refractivity contribution in [1.82, 2.24) is 4.90 Å². The molecule has 0 unspecified atom stereocenters. The minimum atomic E-state index is -0.824. The highest BCUT2D eigenvalue weighted by Gasteiger charge is 2.59. The number of para-hydroxylation sites is 1. The molecule has 3 aromatic carbocycles. The number of hydrogen-bond donors (Lipinski definition) is 0. The van der Waals surface area contributed by atoms with Crippen molar-refractivity contribution in [3.8, 4) is 0 Å². The van der Waals surface area contributed by atoms with Crippen molar-refractivity contribution >= 4 is 33.4 Å². The number of carbonyl (C=O) groups excluding carboxylic acids is 2. The lowest BCUT2D eigenvalue weighted by molar-refractivity contribution is -0.143. The van der Waals surface area contributed by atoms with Crippen LogP contribution in [0.4, 0.5) is 5.69 Å². The Morgan fingerprint density at radius 2 is 1.43 bits per heavy atom. The predicted molar refractivity (Wildman–Crippen MR) is 116 cm³/mol. The first-order valence-corrected chi connectivity index (χ1v) is 10.6. The minimum absolute atomic E-state index is 0.194. The monoisotopic (exact) mass is 462 g/mol. The standard InChI is InChI=1S/C24H19BrN2O3/c25-18-13-11-17(12-14-18)21-20-22(30-27(21)19-9-5-2-6-10-19)24(29)26(23(20)28)15-16-7-3-1-4-8-16/h1-14,20-22H,15H2/t20-,21-,22-/m0/s1. The molecule has 0 bridgehead atoms. The van der Waals surface area contributed by atoms with Gasteiger partial charge in [0, 0.05) is 4.47 Å². The summed E-state index contributed by atoms with van der Waals surface area (Å²) in [6.45, 7) is 0.257. The summed E-state index contributed by atoms with van der Waals surface area (Å²) in [5.74, 6) is -1.07. The van der Waals surface area contributed by atoms with Gasteiger partial charge in [0.1, 0.15) is 5.92 Å². The molecule has 3 aromatic rings. The average molecular weight is 463 g/mol. The fourth-order valence-corrected chi connectivity index (χ4v) is 4.46. The average Bonchev–Trinajstić information content (AvgIpc) is 3.28. The van der Waals surface area contributed by atoms with Crippen molar-refractivity contribution < 1.29 is 14.4 Å². The molecule has 2 heterocycles. The molecule has 2 aliphatic heterocycles. The van der Waals surface area contributed by atoms with E-state index >= 15 is 0 Å². The van der Waals surface area contributed by atoms with Gasteiger partial charge in [0.2, 0.25) is 5.91 Å². The molecule has 2 fully saturated rings. The fraction of sp³-hybridized carbons (Fsp3) is 0.167. The Labute approximate surface area is 183 Å². The lowest BCUT2D eigenvalue weighted by atomic mass is 9.90. The van der Waals surface area contributed by atoms with Crippen LogP contribution in [0.2, 0.25) is 0 Å². The van der Waals surface area contributed by atoms with Crippen LogP contribution in [0.15, 0.2) is 89.4 Å². The summed E-state index contributed by atoms with van der Waals surface area (Å²) >= 11 is 3.46. The second-order valence-electron chi connectivity index (χ2n) is 7.46. The zero-order valence-corrected chi connectivity index (χ0v) is 17.6. The molecule has 0 aromatic heterocycles. The molecule has 0 radical (unpaired) electrons. The third kappa shape index (κ3) is 3.22. The normalized spacial score (nSPS) is 23.2. The predicted octanol–water partition coefficient (Wildman–Crippen LogP) is 4.50. The number of amides is 2. The highest BCUT2D eigenvalue weighted by atomic mass is 79.9. The van der Waals surface area contributed by atoms with Crippen molar-refractivity contribution in [2.24, 2.45) is 5.92 Å². The van der Waals surface area contributed by atoms with Gasteiger partial charge < -0.3 is 0 Å². The van der Waals surface area contributed by atoms with Crippen LogP contribution in [-0.2, 0) is 21.0 Å². The highest BCUT2D eigenvalue weighted by molar-refractivity contribution is 9.10. The first kappa shape index (κ1) is 19.0. The van der Waals surface area contributed by atoms with E-state index in [9.17, 15) is 9.59 Å². The van der Waals surface area contributed by atoms with Crippen molar-refractivity contribution in [1.29, 1.82) is 0 Å². The van der Waals surface area contributed by atoms with Crippen molar-refractivity contribution in [3.05, 3.63) is 101 Å². The van der Waals surface area contributed by atoms with Gasteiger partial charge >= 0.3 is 0 Å². The van der Waals surface area contributed by atoms with E-state index in [4.69, 9.17) is 4.84 Å². The lowest BCUT2D eigenvalue weighted by Gasteiger charge is -2.28. The van der Waals surface area contributed by atoms with Crippen LogP contribution >= 0.6 is 15.9 Å². The molecular formula is C24H19BrN2O3. The SMILES string of the molecule is O=C1[C@@H]2[C@H](ON(c3ccccc3)[C@H]2c2ccc(Br)cc2)C(=O)N1Cc1ccccc1. The fourth-order valence-electron chi connectivity index (χ4n) is 4.19. The Morgan fingerprint density at radius 3 is 2.10 bits per heavy atom. The van der Waals surface area contributed by atoms with Gasteiger partial charge in [-0.25, -0.2) is 5.06 Å². The van der Waals surface area contributed by atoms with E-state index in [1.807, 2.05) is 84.9 Å². The Bertz CT molecular complexity index is 1070. The number of benzene rings is 3. The highest BCUT2D eigenvalue weighted by Crippen LogP contribution is 2.47. The summed E-state index contributed by atoms with van der Waals surface area (Å²) in [6.07, 6.45) is -0.824. The van der Waals surface area contributed by atoms with Crippen molar-refractivity contribution in [2.45, 2.75) is 18.7 Å². The third-order valence-corrected chi connectivity index (χ3v) is 6.14. The van der Waals surface area contributed by atoms with Crippen LogP contribution in [0.5, 0.6) is 0 Å². The molecule has 2 amide bonds. The molecule has 30 heavy (non-hydrogen) atoms. The molecule has 6 heteroatoms. The van der Waals surface area contributed by atoms with Crippen LogP contribution in [-0.4, -0.2) is 22.8 Å². The molecule has 0 aliphatic carbocycles. The Morgan fingerprint density at radius 1 is 0.800 bits per heavy atom. The molecule has 3 atom stereocenters. The maximum absolute atomic E-state index is 13.4. The van der Waals surface area contributed by atoms with Gasteiger partial charge in [-0.15, -0.1) is 0 Å². The molecule has 0 saturated carbocycles. The maximum atomic E-state index is 13.4. The van der Waals surface area contributed by atoms with Crippen LogP contribution in [0, 0.1) is 5.92 Å². The quantitative estimate of drug-likeness (QED) is 0.535. The van der Waals surface area contributed by atoms with Gasteiger partial charge in [0.15, 0.2) is 6.10 Å². The summed E-state index contributed by atoms with van der Waals surface area (Å²) < 4.78 is 0.951. The van der Waals surface area contributed by atoms with E-state index < -0.39 is 12.0 Å². The summed E-state index contributed by atoms with van der Waals surface area (Å²) in [5, 5.41) is 1.72. The van der Waals surface area contributed by atoms with Crippen LogP contribution in [0.1, 0.15) is 17.2 Å². The zero-order chi connectivity index (χ0) is 20.7. The summed E-state index contributed by atoms with van der Waals surface area (Å²) in [4.78, 5) is 34.0. The Balaban J connectivity index is 1.52. The number of likely N-dealkylation sites (tertiary alicyclic amines) is 1. The molecule has 5 rings (SSSR count). The molecule has 150 valence electrons. The minimum Gasteiger partial charge on any atom is -0.275 e. The summed E-state index contributed by atoms with van der Waals surface area (Å²) in [5.41, 5.74) is 2.66. The number of imide groups is 1. The zero-order valence-electron chi connectivity index (χ0n) is 16.0. The van der Waals surface area contributed by atoms with E-state index in [-0.39, 0.29) is 24.4 Å². The van der Waals surface area contributed by atoms with E-state index in [0.29, 0.717) is 0 Å². The second-order valence-corrected chi connectivity index (χ2v) is 8.37. The number of anilines is 1. The molecule has 0 spiro atoms. The van der Waals surface area contributed by atoms with Crippen LogP contribution in [0.3, 0.4) is 0 Å². The van der Waals surface area contributed by atoms with Crippen LogP contribution in [0.25, 0.3) is 0 Å². The van der Waals surface area contributed by atoms with Gasteiger partial charge in [0.05, 0.1) is 18.3 Å². The number of hydroxylamine groups is 1.